The summed E-state index contributed by atoms with van der Waals surface area (Å²) in [6.07, 6.45) is 10.6. The molecule has 3 rings (SSSR count). The van der Waals surface area contributed by atoms with Crippen molar-refractivity contribution < 1.29 is 9.90 Å². The number of nitrogens with zero attached hydrogens (tertiary/aromatic N) is 4. The number of hydrogen-bond donors (Lipinski definition) is 1. The van der Waals surface area contributed by atoms with Crippen molar-refractivity contribution in [3.8, 4) is 0 Å². The van der Waals surface area contributed by atoms with Crippen LogP contribution in [-0.4, -0.2) is 70.1 Å². The van der Waals surface area contributed by atoms with Crippen molar-refractivity contribution in [2.75, 3.05) is 33.7 Å². The molecule has 2 aliphatic rings. The highest BCUT2D eigenvalue weighted by Gasteiger charge is 2.43. The van der Waals surface area contributed by atoms with Crippen molar-refractivity contribution in [3.63, 3.8) is 0 Å². The van der Waals surface area contributed by atoms with Gasteiger partial charge in [0.25, 0.3) is 5.91 Å². The number of piperidine rings is 1. The molecule has 1 amide bonds. The summed E-state index contributed by atoms with van der Waals surface area (Å²) in [4.78, 5) is 24.5. The fourth-order valence-electron chi connectivity index (χ4n) is 4.25. The summed E-state index contributed by atoms with van der Waals surface area (Å²) in [5, 5.41) is 10.7. The van der Waals surface area contributed by atoms with Crippen LogP contribution in [0.15, 0.2) is 18.6 Å². The van der Waals surface area contributed by atoms with Crippen LogP contribution in [0.1, 0.15) is 49.0 Å². The van der Waals surface area contributed by atoms with Crippen LogP contribution in [0.4, 0.5) is 0 Å². The molecule has 1 aromatic heterocycles. The molecule has 1 saturated carbocycles. The molecule has 6 nitrogen and oxygen atoms in total. The van der Waals surface area contributed by atoms with Crippen molar-refractivity contribution in [3.05, 3.63) is 24.3 Å². The molecule has 0 aromatic carbocycles. The molecule has 1 N–H and O–H groups in total. The molecular weight excluding hydrogens is 304 g/mol. The van der Waals surface area contributed by atoms with Gasteiger partial charge in [-0.1, -0.05) is 0 Å². The van der Waals surface area contributed by atoms with Crippen molar-refractivity contribution in [1.82, 2.24) is 19.8 Å². The first-order chi connectivity index (χ1) is 11.4. The fourth-order valence-corrected chi connectivity index (χ4v) is 4.25. The van der Waals surface area contributed by atoms with E-state index in [4.69, 9.17) is 0 Å². The van der Waals surface area contributed by atoms with Gasteiger partial charge < -0.3 is 14.9 Å². The maximum absolute atomic E-state index is 12.5. The van der Waals surface area contributed by atoms with E-state index in [0.717, 1.165) is 58.2 Å². The second-order valence-electron chi connectivity index (χ2n) is 7.84. The second-order valence-corrected chi connectivity index (χ2v) is 7.84. The average molecular weight is 332 g/mol. The lowest BCUT2D eigenvalue weighted by Crippen LogP contribution is -2.49. The molecule has 1 aliphatic carbocycles. The monoisotopic (exact) mass is 332 g/mol. The minimum absolute atomic E-state index is 0.0159. The summed E-state index contributed by atoms with van der Waals surface area (Å²) >= 11 is 0. The largest absolute Gasteiger partial charge is 0.389 e. The average Bonchev–Trinajstić information content (AvgIpc) is 2.58. The third-order valence-electron chi connectivity index (χ3n) is 5.75. The summed E-state index contributed by atoms with van der Waals surface area (Å²) in [6, 6.07) is 0. The maximum atomic E-state index is 12.5. The molecule has 1 spiro atoms. The third kappa shape index (κ3) is 3.75. The Balaban J connectivity index is 1.55. The Hall–Kier alpha value is -1.53. The van der Waals surface area contributed by atoms with Gasteiger partial charge in [-0.05, 0) is 58.0 Å². The van der Waals surface area contributed by atoms with Crippen LogP contribution in [0.3, 0.4) is 0 Å². The van der Waals surface area contributed by atoms with Crippen LogP contribution < -0.4 is 0 Å². The van der Waals surface area contributed by atoms with E-state index < -0.39 is 5.60 Å². The number of hydrogen-bond acceptors (Lipinski definition) is 5. The summed E-state index contributed by atoms with van der Waals surface area (Å²) < 4.78 is 0. The van der Waals surface area contributed by atoms with Gasteiger partial charge in [0.15, 0.2) is 0 Å². The van der Waals surface area contributed by atoms with Gasteiger partial charge in [-0.25, -0.2) is 4.98 Å². The Morgan fingerprint density at radius 2 is 1.83 bits per heavy atom. The van der Waals surface area contributed by atoms with E-state index in [1.54, 1.807) is 12.4 Å². The number of carbonyl (C=O) groups excluding carboxylic acids is 1. The zero-order valence-corrected chi connectivity index (χ0v) is 14.7. The summed E-state index contributed by atoms with van der Waals surface area (Å²) in [5.74, 6) is -0.0159. The fraction of sp³-hybridized carbons (Fsp3) is 0.722. The Bertz CT molecular complexity index is 558. The standard InChI is InChI=1S/C18H28N4O2/c1-21(2)14-18(24)5-3-17(4-6-18)7-11-22(12-8-17)16(23)15-13-19-9-10-20-15/h9-10,13,24H,3-8,11-12,14H2,1-2H3. The zero-order chi connectivity index (χ0) is 17.2. The first-order valence-electron chi connectivity index (χ1n) is 8.84. The SMILES string of the molecule is CN(C)CC1(O)CCC2(CCN(C(=O)c3cnccn3)CC2)CC1. The number of aromatic nitrogens is 2. The Labute approximate surface area is 143 Å². The Kier molecular flexibility index (Phi) is 4.88. The van der Waals surface area contributed by atoms with Gasteiger partial charge in [-0.15, -0.1) is 0 Å². The van der Waals surface area contributed by atoms with Crippen molar-refractivity contribution >= 4 is 5.91 Å². The quantitative estimate of drug-likeness (QED) is 0.910. The molecule has 1 saturated heterocycles. The lowest BCUT2D eigenvalue weighted by molar-refractivity contribution is -0.0616. The van der Waals surface area contributed by atoms with Gasteiger partial charge in [0.2, 0.25) is 0 Å². The summed E-state index contributed by atoms with van der Waals surface area (Å²) in [5.41, 5.74) is 0.191. The van der Waals surface area contributed by atoms with E-state index in [2.05, 4.69) is 14.9 Å². The van der Waals surface area contributed by atoms with E-state index in [1.807, 2.05) is 19.0 Å². The summed E-state index contributed by atoms with van der Waals surface area (Å²) in [6.45, 7) is 2.30. The van der Waals surface area contributed by atoms with E-state index in [1.165, 1.54) is 6.20 Å². The smallest absolute Gasteiger partial charge is 0.274 e. The maximum Gasteiger partial charge on any atom is 0.274 e. The lowest BCUT2D eigenvalue weighted by atomic mass is 9.64. The van der Waals surface area contributed by atoms with Crippen molar-refractivity contribution in [2.45, 2.75) is 44.1 Å². The minimum atomic E-state index is -0.540. The van der Waals surface area contributed by atoms with Gasteiger partial charge >= 0.3 is 0 Å². The third-order valence-corrected chi connectivity index (χ3v) is 5.75. The normalized spacial score (nSPS) is 22.8. The van der Waals surface area contributed by atoms with Crippen LogP contribution in [0.5, 0.6) is 0 Å². The van der Waals surface area contributed by atoms with Crippen LogP contribution in [-0.2, 0) is 0 Å². The molecule has 1 aromatic rings. The molecule has 24 heavy (non-hydrogen) atoms. The number of rotatable bonds is 3. The Morgan fingerprint density at radius 1 is 1.17 bits per heavy atom. The number of likely N-dealkylation sites (N-methyl/N-ethyl adjacent to an activating group) is 1. The summed E-state index contributed by atoms with van der Waals surface area (Å²) in [7, 11) is 4.03. The highest BCUT2D eigenvalue weighted by molar-refractivity contribution is 5.92. The van der Waals surface area contributed by atoms with Gasteiger partial charge in [-0.2, -0.15) is 0 Å². The first kappa shape index (κ1) is 17.3. The van der Waals surface area contributed by atoms with Crippen LogP contribution in [0.2, 0.25) is 0 Å². The predicted octanol–water partition coefficient (Wildman–Crippen LogP) is 1.57. The number of carbonyl (C=O) groups is 1. The van der Waals surface area contributed by atoms with E-state index in [0.29, 0.717) is 11.1 Å². The zero-order valence-electron chi connectivity index (χ0n) is 14.7. The number of likely N-dealkylation sites (tertiary alicyclic amines) is 1. The molecule has 2 heterocycles. The Morgan fingerprint density at radius 3 is 2.38 bits per heavy atom. The van der Waals surface area contributed by atoms with Gasteiger partial charge in [0, 0.05) is 32.0 Å². The van der Waals surface area contributed by atoms with Gasteiger partial charge in [0.1, 0.15) is 5.69 Å². The second kappa shape index (κ2) is 6.76. The molecule has 0 bridgehead atoms. The number of amides is 1. The van der Waals surface area contributed by atoms with Crippen molar-refractivity contribution in [2.24, 2.45) is 5.41 Å². The van der Waals surface area contributed by atoms with Crippen LogP contribution in [0, 0.1) is 5.41 Å². The molecule has 0 unspecified atom stereocenters. The molecular formula is C18H28N4O2. The minimum Gasteiger partial charge on any atom is -0.389 e. The molecule has 132 valence electrons. The molecule has 0 radical (unpaired) electrons. The topological polar surface area (TPSA) is 69.6 Å². The molecule has 0 atom stereocenters. The van der Waals surface area contributed by atoms with Crippen LogP contribution >= 0.6 is 0 Å². The molecule has 1 aliphatic heterocycles. The highest BCUT2D eigenvalue weighted by Crippen LogP contribution is 2.47. The number of aliphatic hydroxyl groups is 1. The van der Waals surface area contributed by atoms with Gasteiger partial charge in [-0.3, -0.25) is 9.78 Å². The van der Waals surface area contributed by atoms with Crippen LogP contribution in [0.25, 0.3) is 0 Å². The van der Waals surface area contributed by atoms with E-state index in [-0.39, 0.29) is 5.91 Å². The lowest BCUT2D eigenvalue weighted by Gasteiger charge is -2.48. The van der Waals surface area contributed by atoms with E-state index in [9.17, 15) is 9.90 Å². The highest BCUT2D eigenvalue weighted by atomic mass is 16.3. The van der Waals surface area contributed by atoms with E-state index >= 15 is 0 Å². The van der Waals surface area contributed by atoms with Crippen molar-refractivity contribution in [1.29, 1.82) is 0 Å². The first-order valence-corrected chi connectivity index (χ1v) is 8.84. The molecule has 2 fully saturated rings. The van der Waals surface area contributed by atoms with Gasteiger partial charge in [0.05, 0.1) is 11.8 Å². The molecule has 6 heteroatoms. The predicted molar refractivity (Wildman–Crippen MR) is 91.6 cm³/mol.